The van der Waals surface area contributed by atoms with Crippen LogP contribution in [0.15, 0.2) is 16.9 Å². The molecular weight excluding hydrogens is 192 g/mol. The van der Waals surface area contributed by atoms with Gasteiger partial charge in [-0.3, -0.25) is 4.79 Å². The fraction of sp³-hybridized carbons (Fsp3) is 0.286. The number of hydrogen-bond donors (Lipinski definition) is 3. The van der Waals surface area contributed by atoms with Crippen molar-refractivity contribution in [2.24, 2.45) is 0 Å². The van der Waals surface area contributed by atoms with Gasteiger partial charge in [0.05, 0.1) is 6.54 Å². The van der Waals surface area contributed by atoms with E-state index in [2.05, 4.69) is 15.0 Å². The molecule has 0 aliphatic carbocycles. The average molecular weight is 200 g/mol. The second-order valence-electron chi connectivity index (χ2n) is 2.45. The molecule has 76 valence electrons. The van der Waals surface area contributed by atoms with Gasteiger partial charge >= 0.3 is 5.97 Å². The number of carboxylic acids is 1. The van der Waals surface area contributed by atoms with Crippen molar-refractivity contribution in [1.29, 1.82) is 0 Å². The number of amides is 1. The summed E-state index contributed by atoms with van der Waals surface area (Å²) in [7, 11) is 0. The van der Waals surface area contributed by atoms with Crippen molar-refractivity contribution in [3.8, 4) is 0 Å². The molecule has 0 spiro atoms. The highest BCUT2D eigenvalue weighted by Gasteiger charge is 2.15. The van der Waals surface area contributed by atoms with E-state index in [4.69, 9.17) is 10.2 Å². The molecule has 14 heavy (non-hydrogen) atoms. The number of nitrogens with zero attached hydrogens (tertiary/aromatic N) is 1. The van der Waals surface area contributed by atoms with Crippen LogP contribution in [0.5, 0.6) is 0 Å². The molecule has 0 aliphatic rings. The minimum atomic E-state index is -1.62. The van der Waals surface area contributed by atoms with Gasteiger partial charge in [0, 0.05) is 6.07 Å². The Kier molecular flexibility index (Phi) is 3.19. The van der Waals surface area contributed by atoms with Crippen LogP contribution < -0.4 is 5.32 Å². The van der Waals surface area contributed by atoms with Gasteiger partial charge in [-0.25, -0.2) is 4.79 Å². The van der Waals surface area contributed by atoms with Gasteiger partial charge in [-0.2, -0.15) is 0 Å². The Morgan fingerprint density at radius 2 is 2.36 bits per heavy atom. The molecule has 1 rings (SSSR count). The number of aliphatic hydroxyl groups is 1. The van der Waals surface area contributed by atoms with Crippen molar-refractivity contribution < 1.29 is 24.3 Å². The molecule has 1 aromatic rings. The van der Waals surface area contributed by atoms with E-state index >= 15 is 0 Å². The standard InChI is InChI=1S/C7H8N2O5/c10-5(7(12)13)3-8-6(11)4-1-2-14-9-4/h1-2,5,10H,3H2,(H,8,11)(H,12,13). The Morgan fingerprint density at radius 1 is 1.64 bits per heavy atom. The first kappa shape index (κ1) is 10.2. The molecule has 0 saturated carbocycles. The van der Waals surface area contributed by atoms with Gasteiger partial charge in [-0.05, 0) is 0 Å². The third-order valence-electron chi connectivity index (χ3n) is 1.41. The number of aromatic nitrogens is 1. The predicted molar refractivity (Wildman–Crippen MR) is 42.5 cm³/mol. The Bertz CT molecular complexity index is 321. The highest BCUT2D eigenvalue weighted by molar-refractivity contribution is 5.92. The van der Waals surface area contributed by atoms with E-state index in [0.717, 1.165) is 0 Å². The first-order valence-corrected chi connectivity index (χ1v) is 3.70. The minimum absolute atomic E-state index is 0.0302. The van der Waals surface area contributed by atoms with E-state index in [9.17, 15) is 9.59 Å². The summed E-state index contributed by atoms with van der Waals surface area (Å²) in [5, 5.41) is 22.6. The third kappa shape index (κ3) is 2.56. The van der Waals surface area contributed by atoms with E-state index < -0.39 is 18.0 Å². The molecule has 0 aromatic carbocycles. The van der Waals surface area contributed by atoms with E-state index in [-0.39, 0.29) is 12.2 Å². The van der Waals surface area contributed by atoms with Crippen molar-refractivity contribution in [3.63, 3.8) is 0 Å². The van der Waals surface area contributed by atoms with Gasteiger partial charge in [0.25, 0.3) is 5.91 Å². The first-order chi connectivity index (χ1) is 6.61. The summed E-state index contributed by atoms with van der Waals surface area (Å²) < 4.78 is 4.40. The summed E-state index contributed by atoms with van der Waals surface area (Å²) in [6, 6.07) is 1.32. The molecule has 1 atom stereocenters. The Balaban J connectivity index is 2.40. The van der Waals surface area contributed by atoms with Gasteiger partial charge in [0.2, 0.25) is 0 Å². The fourth-order valence-corrected chi connectivity index (χ4v) is 0.697. The molecule has 1 amide bonds. The Hall–Kier alpha value is -1.89. The van der Waals surface area contributed by atoms with Crippen LogP contribution in [0.25, 0.3) is 0 Å². The monoisotopic (exact) mass is 200 g/mol. The number of carbonyl (C=O) groups excluding carboxylic acids is 1. The van der Waals surface area contributed by atoms with Crippen LogP contribution in [0.2, 0.25) is 0 Å². The molecule has 7 heteroatoms. The molecule has 0 radical (unpaired) electrons. The lowest BCUT2D eigenvalue weighted by atomic mass is 10.3. The van der Waals surface area contributed by atoms with Crippen molar-refractivity contribution in [3.05, 3.63) is 18.0 Å². The molecule has 3 N–H and O–H groups in total. The SMILES string of the molecule is O=C(NCC(O)C(=O)O)c1ccon1. The number of aliphatic carboxylic acids is 1. The minimum Gasteiger partial charge on any atom is -0.479 e. The summed E-state index contributed by atoms with van der Waals surface area (Å²) in [5.74, 6) is -2.00. The molecule has 7 nitrogen and oxygen atoms in total. The number of carbonyl (C=O) groups is 2. The summed E-state index contributed by atoms with van der Waals surface area (Å²) in [5.41, 5.74) is 0.0302. The molecule has 1 aromatic heterocycles. The summed E-state index contributed by atoms with van der Waals surface area (Å²) in [4.78, 5) is 21.3. The topological polar surface area (TPSA) is 113 Å². The van der Waals surface area contributed by atoms with Crippen molar-refractivity contribution in [1.82, 2.24) is 10.5 Å². The van der Waals surface area contributed by atoms with Gasteiger partial charge in [-0.1, -0.05) is 5.16 Å². The zero-order valence-corrected chi connectivity index (χ0v) is 7.01. The van der Waals surface area contributed by atoms with Crippen molar-refractivity contribution in [2.75, 3.05) is 6.54 Å². The molecule has 0 bridgehead atoms. The third-order valence-corrected chi connectivity index (χ3v) is 1.41. The Labute approximate surface area is 78.3 Å². The average Bonchev–Trinajstić information content (AvgIpc) is 2.66. The van der Waals surface area contributed by atoms with Crippen molar-refractivity contribution >= 4 is 11.9 Å². The smallest absolute Gasteiger partial charge is 0.334 e. The number of aliphatic hydroxyl groups excluding tert-OH is 1. The lowest BCUT2D eigenvalue weighted by molar-refractivity contribution is -0.146. The van der Waals surface area contributed by atoms with Crippen LogP contribution >= 0.6 is 0 Å². The fourth-order valence-electron chi connectivity index (χ4n) is 0.697. The van der Waals surface area contributed by atoms with Crippen molar-refractivity contribution in [2.45, 2.75) is 6.10 Å². The highest BCUT2D eigenvalue weighted by Crippen LogP contribution is 1.93. The second-order valence-corrected chi connectivity index (χ2v) is 2.45. The van der Waals surface area contributed by atoms with Gasteiger partial charge < -0.3 is 20.1 Å². The summed E-state index contributed by atoms with van der Waals surface area (Å²) in [6.07, 6.45) is -0.409. The maximum absolute atomic E-state index is 11.1. The van der Waals surface area contributed by atoms with Crippen LogP contribution in [0, 0.1) is 0 Å². The molecule has 1 heterocycles. The van der Waals surface area contributed by atoms with Crippen LogP contribution in [0.4, 0.5) is 0 Å². The maximum atomic E-state index is 11.1. The number of rotatable bonds is 4. The molecule has 0 fully saturated rings. The second kappa shape index (κ2) is 4.38. The van der Waals surface area contributed by atoms with Crippen LogP contribution in [-0.4, -0.2) is 39.9 Å². The van der Waals surface area contributed by atoms with Crippen LogP contribution in [0.3, 0.4) is 0 Å². The summed E-state index contributed by atoms with van der Waals surface area (Å²) >= 11 is 0. The highest BCUT2D eigenvalue weighted by atomic mass is 16.5. The van der Waals surface area contributed by atoms with Gasteiger partial charge in [0.1, 0.15) is 6.26 Å². The largest absolute Gasteiger partial charge is 0.479 e. The molecule has 0 aliphatic heterocycles. The zero-order valence-electron chi connectivity index (χ0n) is 7.01. The zero-order chi connectivity index (χ0) is 10.6. The van der Waals surface area contributed by atoms with Crippen LogP contribution in [-0.2, 0) is 4.79 Å². The molecule has 1 unspecified atom stereocenters. The normalized spacial score (nSPS) is 12.1. The maximum Gasteiger partial charge on any atom is 0.334 e. The summed E-state index contributed by atoms with van der Waals surface area (Å²) in [6.45, 7) is -0.374. The lowest BCUT2D eigenvalue weighted by Gasteiger charge is -2.05. The first-order valence-electron chi connectivity index (χ1n) is 3.70. The number of hydrogen-bond acceptors (Lipinski definition) is 5. The van der Waals surface area contributed by atoms with E-state index in [1.54, 1.807) is 0 Å². The van der Waals surface area contributed by atoms with E-state index in [1.807, 2.05) is 0 Å². The molecule has 0 saturated heterocycles. The number of carboxylic acid groups (broad SMARTS) is 1. The predicted octanol–water partition coefficient (Wildman–Crippen LogP) is -1.15. The van der Waals surface area contributed by atoms with E-state index in [1.165, 1.54) is 12.3 Å². The quantitative estimate of drug-likeness (QED) is 0.565. The number of nitrogens with one attached hydrogen (secondary N) is 1. The molecular formula is C7H8N2O5. The van der Waals surface area contributed by atoms with Crippen LogP contribution in [0.1, 0.15) is 10.5 Å². The lowest BCUT2D eigenvalue weighted by Crippen LogP contribution is -2.36. The van der Waals surface area contributed by atoms with Gasteiger partial charge in [-0.15, -0.1) is 0 Å². The van der Waals surface area contributed by atoms with E-state index in [0.29, 0.717) is 0 Å². The van der Waals surface area contributed by atoms with Gasteiger partial charge in [0.15, 0.2) is 11.8 Å². The Morgan fingerprint density at radius 3 is 2.86 bits per heavy atom.